The summed E-state index contributed by atoms with van der Waals surface area (Å²) in [6.45, 7) is 10.6. The molecule has 0 aromatic rings. The molecule has 0 unspecified atom stereocenters. The molecule has 2 nitrogen and oxygen atoms in total. The summed E-state index contributed by atoms with van der Waals surface area (Å²) < 4.78 is 0. The highest BCUT2D eigenvalue weighted by Crippen LogP contribution is 2.30. The monoisotopic (exact) mass is 212 g/mol. The van der Waals surface area contributed by atoms with Gasteiger partial charge in [-0.25, -0.2) is 4.79 Å². The van der Waals surface area contributed by atoms with Crippen molar-refractivity contribution in [2.24, 2.45) is 11.3 Å². The normalized spacial score (nSPS) is 13.3. The molecule has 0 saturated heterocycles. The Hall–Kier alpha value is -0.790. The van der Waals surface area contributed by atoms with Gasteiger partial charge in [0, 0.05) is 5.57 Å². The number of rotatable bonds is 6. The maximum Gasteiger partial charge on any atom is 0.330 e. The van der Waals surface area contributed by atoms with E-state index in [1.165, 1.54) is 6.42 Å². The first-order valence-electron chi connectivity index (χ1n) is 5.64. The molecule has 0 spiro atoms. The highest BCUT2D eigenvalue weighted by molar-refractivity contribution is 5.85. The molecule has 0 saturated carbocycles. The lowest BCUT2D eigenvalue weighted by molar-refractivity contribution is -0.132. The van der Waals surface area contributed by atoms with Crippen molar-refractivity contribution in [2.75, 3.05) is 0 Å². The van der Waals surface area contributed by atoms with Crippen LogP contribution in [0.1, 0.15) is 53.9 Å². The largest absolute Gasteiger partial charge is 0.478 e. The number of carboxylic acid groups (broad SMARTS) is 1. The van der Waals surface area contributed by atoms with E-state index in [-0.39, 0.29) is 0 Å². The standard InChI is InChI=1S/C13H24O2/c1-10(2)9-13(4,5)8-6-7-11(3)12(14)15/h7,10H,6,8-9H2,1-5H3,(H,14,15)/b11-7+. The van der Waals surface area contributed by atoms with E-state index in [1.807, 2.05) is 6.08 Å². The van der Waals surface area contributed by atoms with Crippen LogP contribution in [0, 0.1) is 11.3 Å². The van der Waals surface area contributed by atoms with Crippen LogP contribution in [-0.2, 0) is 4.79 Å². The summed E-state index contributed by atoms with van der Waals surface area (Å²) in [5.74, 6) is -0.110. The Morgan fingerprint density at radius 2 is 1.93 bits per heavy atom. The van der Waals surface area contributed by atoms with Gasteiger partial charge in [-0.3, -0.25) is 0 Å². The predicted octanol–water partition coefficient (Wildman–Crippen LogP) is 3.87. The van der Waals surface area contributed by atoms with Crippen LogP contribution < -0.4 is 0 Å². The molecular weight excluding hydrogens is 188 g/mol. The fourth-order valence-corrected chi connectivity index (χ4v) is 1.97. The smallest absolute Gasteiger partial charge is 0.330 e. The molecule has 0 bridgehead atoms. The van der Waals surface area contributed by atoms with Crippen LogP contribution in [0.3, 0.4) is 0 Å². The fraction of sp³-hybridized carbons (Fsp3) is 0.769. The lowest BCUT2D eigenvalue weighted by Gasteiger charge is -2.26. The Labute approximate surface area is 93.4 Å². The second kappa shape index (κ2) is 5.94. The Morgan fingerprint density at radius 1 is 1.40 bits per heavy atom. The lowest BCUT2D eigenvalue weighted by Crippen LogP contribution is -2.14. The van der Waals surface area contributed by atoms with Gasteiger partial charge in [-0.2, -0.15) is 0 Å². The number of hydrogen-bond acceptors (Lipinski definition) is 1. The van der Waals surface area contributed by atoms with Crippen molar-refractivity contribution in [2.45, 2.75) is 53.9 Å². The third kappa shape index (κ3) is 7.18. The van der Waals surface area contributed by atoms with Gasteiger partial charge in [0.25, 0.3) is 0 Å². The average Bonchev–Trinajstić information content (AvgIpc) is 2.00. The van der Waals surface area contributed by atoms with Crippen LogP contribution >= 0.6 is 0 Å². The predicted molar refractivity (Wildman–Crippen MR) is 63.9 cm³/mol. The van der Waals surface area contributed by atoms with Gasteiger partial charge in [-0.15, -0.1) is 0 Å². The van der Waals surface area contributed by atoms with Crippen LogP contribution in [0.4, 0.5) is 0 Å². The van der Waals surface area contributed by atoms with Gasteiger partial charge in [0.05, 0.1) is 0 Å². The van der Waals surface area contributed by atoms with Gasteiger partial charge in [0.15, 0.2) is 0 Å². The molecule has 2 heteroatoms. The Balaban J connectivity index is 4.04. The quantitative estimate of drug-likeness (QED) is 0.679. The van der Waals surface area contributed by atoms with Crippen LogP contribution in [0.25, 0.3) is 0 Å². The molecule has 15 heavy (non-hydrogen) atoms. The van der Waals surface area contributed by atoms with Gasteiger partial charge in [-0.1, -0.05) is 33.8 Å². The maximum absolute atomic E-state index is 10.6. The van der Waals surface area contributed by atoms with Gasteiger partial charge in [0.1, 0.15) is 0 Å². The van der Waals surface area contributed by atoms with E-state index in [0.717, 1.165) is 12.8 Å². The summed E-state index contributed by atoms with van der Waals surface area (Å²) in [5, 5.41) is 8.69. The highest BCUT2D eigenvalue weighted by atomic mass is 16.4. The molecule has 0 aliphatic carbocycles. The summed E-state index contributed by atoms with van der Waals surface area (Å²) in [6.07, 6.45) is 4.92. The highest BCUT2D eigenvalue weighted by Gasteiger charge is 2.18. The van der Waals surface area contributed by atoms with Crippen LogP contribution in [0.5, 0.6) is 0 Å². The molecule has 0 aromatic heterocycles. The van der Waals surface area contributed by atoms with Crippen molar-refractivity contribution >= 4 is 5.97 Å². The van der Waals surface area contributed by atoms with Gasteiger partial charge < -0.3 is 5.11 Å². The second-order valence-corrected chi connectivity index (χ2v) is 5.49. The zero-order valence-electron chi connectivity index (χ0n) is 10.6. The van der Waals surface area contributed by atoms with Crippen molar-refractivity contribution < 1.29 is 9.90 Å². The second-order valence-electron chi connectivity index (χ2n) is 5.49. The Kier molecular flexibility index (Phi) is 5.63. The van der Waals surface area contributed by atoms with Crippen molar-refractivity contribution in [1.82, 2.24) is 0 Å². The first-order valence-corrected chi connectivity index (χ1v) is 5.64. The Bertz CT molecular complexity index is 237. The topological polar surface area (TPSA) is 37.3 Å². The van der Waals surface area contributed by atoms with Crippen LogP contribution in [-0.4, -0.2) is 11.1 Å². The van der Waals surface area contributed by atoms with Crippen LogP contribution in [0.2, 0.25) is 0 Å². The zero-order valence-corrected chi connectivity index (χ0v) is 10.6. The Morgan fingerprint density at radius 3 is 2.33 bits per heavy atom. The molecule has 88 valence electrons. The minimum absolute atomic E-state index is 0.309. The minimum atomic E-state index is -0.809. The molecule has 0 radical (unpaired) electrons. The van der Waals surface area contributed by atoms with Crippen molar-refractivity contribution in [3.63, 3.8) is 0 Å². The third-order valence-electron chi connectivity index (χ3n) is 2.57. The molecular formula is C13H24O2. The molecule has 1 N–H and O–H groups in total. The van der Waals surface area contributed by atoms with Crippen molar-refractivity contribution in [3.05, 3.63) is 11.6 Å². The van der Waals surface area contributed by atoms with Crippen molar-refractivity contribution in [3.8, 4) is 0 Å². The summed E-state index contributed by atoms with van der Waals surface area (Å²) in [4.78, 5) is 10.6. The van der Waals surface area contributed by atoms with E-state index in [1.54, 1.807) is 6.92 Å². The van der Waals surface area contributed by atoms with Crippen molar-refractivity contribution in [1.29, 1.82) is 0 Å². The maximum atomic E-state index is 10.6. The zero-order chi connectivity index (χ0) is 12.1. The van der Waals surface area contributed by atoms with Gasteiger partial charge in [0.2, 0.25) is 0 Å². The minimum Gasteiger partial charge on any atom is -0.478 e. The van der Waals surface area contributed by atoms with E-state index in [0.29, 0.717) is 16.9 Å². The lowest BCUT2D eigenvalue weighted by atomic mass is 9.80. The summed E-state index contributed by atoms with van der Waals surface area (Å²) in [6, 6.07) is 0. The number of carboxylic acids is 1. The molecule has 0 fully saturated rings. The first-order chi connectivity index (χ1) is 6.74. The summed E-state index contributed by atoms with van der Waals surface area (Å²) in [7, 11) is 0. The first kappa shape index (κ1) is 14.2. The SMILES string of the molecule is C/C(=C\CCC(C)(C)CC(C)C)C(=O)O. The number of aliphatic carboxylic acids is 1. The van der Waals surface area contributed by atoms with E-state index < -0.39 is 5.97 Å². The third-order valence-corrected chi connectivity index (χ3v) is 2.57. The molecule has 0 atom stereocenters. The van der Waals surface area contributed by atoms with Crippen LogP contribution in [0.15, 0.2) is 11.6 Å². The molecule has 0 heterocycles. The number of carbonyl (C=O) groups is 1. The van der Waals surface area contributed by atoms with Gasteiger partial charge in [-0.05, 0) is 37.5 Å². The van der Waals surface area contributed by atoms with E-state index in [9.17, 15) is 4.79 Å². The summed E-state index contributed by atoms with van der Waals surface area (Å²) >= 11 is 0. The molecule has 0 aromatic carbocycles. The molecule has 0 aliphatic heterocycles. The number of hydrogen-bond donors (Lipinski definition) is 1. The average molecular weight is 212 g/mol. The summed E-state index contributed by atoms with van der Waals surface area (Å²) in [5.41, 5.74) is 0.763. The van der Waals surface area contributed by atoms with E-state index in [4.69, 9.17) is 5.11 Å². The molecule has 0 amide bonds. The number of allylic oxidation sites excluding steroid dienone is 1. The van der Waals surface area contributed by atoms with E-state index in [2.05, 4.69) is 27.7 Å². The fourth-order valence-electron chi connectivity index (χ4n) is 1.97. The molecule has 0 aliphatic rings. The molecule has 0 rings (SSSR count). The van der Waals surface area contributed by atoms with Gasteiger partial charge >= 0.3 is 5.97 Å². The van der Waals surface area contributed by atoms with E-state index >= 15 is 0 Å².